The first-order chi connectivity index (χ1) is 13.4. The van der Waals surface area contributed by atoms with Crippen LogP contribution in [0.5, 0.6) is 0 Å². The molecule has 8 nitrogen and oxygen atoms in total. The van der Waals surface area contributed by atoms with Crippen LogP contribution in [-0.4, -0.2) is 59.1 Å². The first-order valence-electron chi connectivity index (χ1n) is 9.63. The molecule has 2 atom stereocenters. The second kappa shape index (κ2) is 11.6. The van der Waals surface area contributed by atoms with Gasteiger partial charge in [0.05, 0.1) is 6.54 Å². The molecule has 1 fully saturated rings. The van der Waals surface area contributed by atoms with Crippen LogP contribution < -0.4 is 5.73 Å². The number of amides is 1. The van der Waals surface area contributed by atoms with Crippen molar-refractivity contribution >= 4 is 30.7 Å². The molecule has 30 heavy (non-hydrogen) atoms. The lowest BCUT2D eigenvalue weighted by Crippen LogP contribution is -2.51. The van der Waals surface area contributed by atoms with Crippen molar-refractivity contribution < 1.29 is 14.1 Å². The summed E-state index contributed by atoms with van der Waals surface area (Å²) in [5.41, 5.74) is 6.21. The van der Waals surface area contributed by atoms with E-state index in [-0.39, 0.29) is 36.8 Å². The SMILES string of the molecule is COC(C)c1noc(CN2CCCN(C(=O)C(C)(N)c3ccccc3)CC2)n1.Cl.Cl. The number of halogens is 2. The Hall–Kier alpha value is -1.71. The van der Waals surface area contributed by atoms with E-state index in [0.29, 0.717) is 31.3 Å². The Morgan fingerprint density at radius 1 is 1.23 bits per heavy atom. The summed E-state index contributed by atoms with van der Waals surface area (Å²) in [4.78, 5) is 21.6. The summed E-state index contributed by atoms with van der Waals surface area (Å²) >= 11 is 0. The maximum atomic E-state index is 13.1. The molecule has 1 aliphatic rings. The molecular formula is C20H31Cl2N5O3. The maximum absolute atomic E-state index is 13.1. The average Bonchev–Trinajstić information content (AvgIpc) is 3.05. The van der Waals surface area contributed by atoms with Crippen LogP contribution in [-0.2, 0) is 21.6 Å². The largest absolute Gasteiger partial charge is 0.374 e. The monoisotopic (exact) mass is 459 g/mol. The molecule has 0 bridgehead atoms. The van der Waals surface area contributed by atoms with Crippen LogP contribution in [0.3, 0.4) is 0 Å². The molecule has 168 valence electrons. The van der Waals surface area contributed by atoms with Crippen molar-refractivity contribution in [3.05, 3.63) is 47.6 Å². The summed E-state index contributed by atoms with van der Waals surface area (Å²) in [5, 5.41) is 3.97. The minimum atomic E-state index is -1.03. The van der Waals surface area contributed by atoms with Gasteiger partial charge in [0.25, 0.3) is 0 Å². The third kappa shape index (κ3) is 6.15. The molecule has 3 rings (SSSR count). The number of rotatable bonds is 6. The minimum absolute atomic E-state index is 0. The molecular weight excluding hydrogens is 429 g/mol. The Morgan fingerprint density at radius 2 is 1.93 bits per heavy atom. The van der Waals surface area contributed by atoms with E-state index in [2.05, 4.69) is 15.0 Å². The van der Waals surface area contributed by atoms with E-state index in [0.717, 1.165) is 25.1 Å². The van der Waals surface area contributed by atoms with E-state index >= 15 is 0 Å². The number of methoxy groups -OCH3 is 1. The van der Waals surface area contributed by atoms with Crippen LogP contribution in [0.4, 0.5) is 0 Å². The Bertz CT molecular complexity index is 788. The molecule has 0 spiro atoms. The van der Waals surface area contributed by atoms with Gasteiger partial charge in [-0.25, -0.2) is 0 Å². The number of nitrogens with zero attached hydrogens (tertiary/aromatic N) is 4. The van der Waals surface area contributed by atoms with E-state index in [4.69, 9.17) is 15.0 Å². The molecule has 1 aromatic heterocycles. The highest BCUT2D eigenvalue weighted by Gasteiger charge is 2.35. The maximum Gasteiger partial charge on any atom is 0.247 e. The van der Waals surface area contributed by atoms with Gasteiger partial charge in [0.1, 0.15) is 11.6 Å². The lowest BCUT2D eigenvalue weighted by molar-refractivity contribution is -0.136. The van der Waals surface area contributed by atoms with Crippen molar-refractivity contribution in [2.24, 2.45) is 5.73 Å². The van der Waals surface area contributed by atoms with Gasteiger partial charge in [0.2, 0.25) is 11.8 Å². The summed E-state index contributed by atoms with van der Waals surface area (Å²) in [5.74, 6) is 1.06. The Kier molecular flexibility index (Phi) is 10.2. The average molecular weight is 460 g/mol. The molecule has 2 N–H and O–H groups in total. The Balaban J connectivity index is 0.00000225. The molecule has 2 unspecified atom stereocenters. The summed E-state index contributed by atoms with van der Waals surface area (Å²) in [7, 11) is 1.61. The van der Waals surface area contributed by atoms with Crippen LogP contribution >= 0.6 is 24.8 Å². The predicted octanol–water partition coefficient (Wildman–Crippen LogP) is 2.53. The van der Waals surface area contributed by atoms with Crippen molar-refractivity contribution in [3.8, 4) is 0 Å². The van der Waals surface area contributed by atoms with E-state index in [9.17, 15) is 4.79 Å². The third-order valence-corrected chi connectivity index (χ3v) is 5.25. The van der Waals surface area contributed by atoms with Crippen molar-refractivity contribution in [1.82, 2.24) is 19.9 Å². The standard InChI is InChI=1S/C20H29N5O3.2ClH/c1-15(27-3)18-22-17(28-23-18)14-24-10-7-11-25(13-12-24)19(26)20(2,21)16-8-5-4-6-9-16;;/h4-6,8-9,15H,7,10-14,21H2,1-3H3;2*1H. The number of carbonyl (C=O) groups excluding carboxylic acids is 1. The summed E-state index contributed by atoms with van der Waals surface area (Å²) in [6.07, 6.45) is 0.668. The lowest BCUT2D eigenvalue weighted by atomic mass is 9.91. The van der Waals surface area contributed by atoms with Gasteiger partial charge in [-0.3, -0.25) is 9.69 Å². The number of ether oxygens (including phenoxy) is 1. The van der Waals surface area contributed by atoms with Crippen LogP contribution in [0.25, 0.3) is 0 Å². The van der Waals surface area contributed by atoms with Crippen LogP contribution in [0.15, 0.2) is 34.9 Å². The van der Waals surface area contributed by atoms with E-state index in [1.165, 1.54) is 0 Å². The van der Waals surface area contributed by atoms with Crippen LogP contribution in [0.1, 0.15) is 43.7 Å². The zero-order valence-corrected chi connectivity index (χ0v) is 19.2. The van der Waals surface area contributed by atoms with Gasteiger partial charge in [-0.1, -0.05) is 35.5 Å². The fourth-order valence-electron chi connectivity index (χ4n) is 3.36. The molecule has 1 saturated heterocycles. The van der Waals surface area contributed by atoms with E-state index in [1.54, 1.807) is 14.0 Å². The molecule has 2 aromatic rings. The number of nitrogens with two attached hydrogens (primary N) is 1. The second-order valence-electron chi connectivity index (χ2n) is 7.41. The third-order valence-electron chi connectivity index (χ3n) is 5.25. The van der Waals surface area contributed by atoms with E-state index < -0.39 is 5.54 Å². The van der Waals surface area contributed by atoms with Gasteiger partial charge >= 0.3 is 0 Å². The number of hydrogen-bond donors (Lipinski definition) is 1. The van der Waals surface area contributed by atoms with Crippen molar-refractivity contribution in [3.63, 3.8) is 0 Å². The Morgan fingerprint density at radius 3 is 2.60 bits per heavy atom. The minimum Gasteiger partial charge on any atom is -0.374 e. The molecule has 0 radical (unpaired) electrons. The van der Waals surface area contributed by atoms with Crippen LogP contribution in [0.2, 0.25) is 0 Å². The molecule has 0 saturated carbocycles. The van der Waals surface area contributed by atoms with Crippen molar-refractivity contribution in [2.45, 2.75) is 38.5 Å². The molecule has 10 heteroatoms. The smallest absolute Gasteiger partial charge is 0.247 e. The predicted molar refractivity (Wildman–Crippen MR) is 119 cm³/mol. The second-order valence-corrected chi connectivity index (χ2v) is 7.41. The zero-order valence-electron chi connectivity index (χ0n) is 17.6. The highest BCUT2D eigenvalue weighted by atomic mass is 35.5. The van der Waals surface area contributed by atoms with E-state index in [1.807, 2.05) is 42.2 Å². The summed E-state index contributed by atoms with van der Waals surface area (Å²) in [6.45, 7) is 7.11. The van der Waals surface area contributed by atoms with Crippen molar-refractivity contribution in [1.29, 1.82) is 0 Å². The quantitative estimate of drug-likeness (QED) is 0.708. The zero-order chi connectivity index (χ0) is 20.1. The molecule has 2 heterocycles. The fourth-order valence-corrected chi connectivity index (χ4v) is 3.36. The number of benzene rings is 1. The van der Waals surface area contributed by atoms with Crippen LogP contribution in [0, 0.1) is 0 Å². The molecule has 1 aromatic carbocycles. The van der Waals surface area contributed by atoms with Gasteiger partial charge in [0.15, 0.2) is 5.82 Å². The fraction of sp³-hybridized carbons (Fsp3) is 0.550. The number of aromatic nitrogens is 2. The first-order valence-corrected chi connectivity index (χ1v) is 9.63. The molecule has 0 aliphatic carbocycles. The van der Waals surface area contributed by atoms with Gasteiger partial charge in [-0.2, -0.15) is 4.98 Å². The molecule has 1 aliphatic heterocycles. The summed E-state index contributed by atoms with van der Waals surface area (Å²) in [6, 6.07) is 9.53. The van der Waals surface area contributed by atoms with Gasteiger partial charge in [-0.15, -0.1) is 24.8 Å². The number of carbonyl (C=O) groups is 1. The molecule has 1 amide bonds. The highest BCUT2D eigenvalue weighted by molar-refractivity contribution is 5.87. The number of hydrogen-bond acceptors (Lipinski definition) is 7. The van der Waals surface area contributed by atoms with Gasteiger partial charge in [0, 0.05) is 33.3 Å². The summed E-state index contributed by atoms with van der Waals surface area (Å²) < 4.78 is 10.5. The lowest BCUT2D eigenvalue weighted by Gasteiger charge is -2.31. The normalized spacial score (nSPS) is 17.8. The van der Waals surface area contributed by atoms with Gasteiger partial charge in [-0.05, 0) is 25.8 Å². The van der Waals surface area contributed by atoms with Crippen molar-refractivity contribution in [2.75, 3.05) is 33.3 Å². The highest BCUT2D eigenvalue weighted by Crippen LogP contribution is 2.21. The van der Waals surface area contributed by atoms with Gasteiger partial charge < -0.3 is 19.9 Å². The topological polar surface area (TPSA) is 97.7 Å². The first kappa shape index (κ1) is 26.3. The Labute approximate surface area is 189 Å².